The molecule has 0 saturated heterocycles. The normalized spacial score (nSPS) is 10.2. The lowest BCUT2D eigenvalue weighted by molar-refractivity contribution is 0.0600. The van der Waals surface area contributed by atoms with Gasteiger partial charge in [-0.2, -0.15) is 0 Å². The van der Waals surface area contributed by atoms with Crippen molar-refractivity contribution < 1.29 is 14.3 Å². The number of esters is 1. The van der Waals surface area contributed by atoms with Crippen molar-refractivity contribution in [1.29, 1.82) is 0 Å². The summed E-state index contributed by atoms with van der Waals surface area (Å²) in [5.74, 6) is -0.517. The second kappa shape index (κ2) is 4.33. The van der Waals surface area contributed by atoms with E-state index >= 15 is 0 Å². The molecule has 0 N–H and O–H groups in total. The van der Waals surface area contributed by atoms with E-state index in [1.807, 2.05) is 0 Å². The number of ketones is 1. The lowest BCUT2D eigenvalue weighted by Crippen LogP contribution is -2.03. The second-order valence-corrected chi connectivity index (χ2v) is 3.64. The van der Waals surface area contributed by atoms with Gasteiger partial charge in [0.2, 0.25) is 0 Å². The van der Waals surface area contributed by atoms with Crippen molar-refractivity contribution in [3.8, 4) is 0 Å². The van der Waals surface area contributed by atoms with Crippen molar-refractivity contribution in [2.75, 3.05) is 7.11 Å². The summed E-state index contributed by atoms with van der Waals surface area (Å²) in [6, 6.07) is 6.91. The number of hydrogen-bond acceptors (Lipinski definition) is 4. The van der Waals surface area contributed by atoms with Crippen LogP contribution in [0, 0.1) is 0 Å². The van der Waals surface area contributed by atoms with E-state index in [0.29, 0.717) is 22.0 Å². The third-order valence-electron chi connectivity index (χ3n) is 2.53. The van der Waals surface area contributed by atoms with Crippen LogP contribution in [0.25, 0.3) is 10.9 Å². The first-order valence-electron chi connectivity index (χ1n) is 5.11. The van der Waals surface area contributed by atoms with Crippen LogP contribution < -0.4 is 0 Å². The summed E-state index contributed by atoms with van der Waals surface area (Å²) in [5.41, 5.74) is 1.58. The highest BCUT2D eigenvalue weighted by molar-refractivity contribution is 6.07. The van der Waals surface area contributed by atoms with Gasteiger partial charge in [0.25, 0.3) is 0 Å². The maximum Gasteiger partial charge on any atom is 0.339 e. The molecule has 4 heteroatoms. The van der Waals surface area contributed by atoms with Gasteiger partial charge in [0.1, 0.15) is 0 Å². The predicted molar refractivity (Wildman–Crippen MR) is 63.1 cm³/mol. The van der Waals surface area contributed by atoms with Crippen LogP contribution in [0.1, 0.15) is 27.6 Å². The van der Waals surface area contributed by atoms with Crippen LogP contribution in [0.5, 0.6) is 0 Å². The van der Waals surface area contributed by atoms with E-state index in [4.69, 9.17) is 0 Å². The maximum absolute atomic E-state index is 11.5. The smallest absolute Gasteiger partial charge is 0.339 e. The van der Waals surface area contributed by atoms with Gasteiger partial charge in [0.15, 0.2) is 5.78 Å². The van der Waals surface area contributed by atoms with Gasteiger partial charge in [-0.1, -0.05) is 12.1 Å². The minimum absolute atomic E-state index is 0.0561. The summed E-state index contributed by atoms with van der Waals surface area (Å²) in [7, 11) is 1.31. The van der Waals surface area contributed by atoms with Crippen molar-refractivity contribution in [3.05, 3.63) is 41.6 Å². The summed E-state index contributed by atoms with van der Waals surface area (Å²) < 4.78 is 4.62. The molecule has 1 aromatic carbocycles. The molecule has 0 atom stereocenters. The number of Topliss-reactive ketones (excluding diaryl/α,β-unsaturated/α-hetero) is 1. The average Bonchev–Trinajstić information content (AvgIpc) is 2.36. The summed E-state index contributed by atoms with van der Waals surface area (Å²) in [6.45, 7) is 1.49. The average molecular weight is 229 g/mol. The zero-order valence-corrected chi connectivity index (χ0v) is 9.56. The standard InChI is InChI=1S/C13H11NO3/c1-8(15)10-4-3-5-12-11(10)6-9(7-14-12)13(16)17-2/h3-7H,1-2H3. The molecule has 1 aromatic heterocycles. The first-order valence-corrected chi connectivity index (χ1v) is 5.11. The van der Waals surface area contributed by atoms with Crippen molar-refractivity contribution in [2.24, 2.45) is 0 Å². The molecule has 0 bridgehead atoms. The fourth-order valence-corrected chi connectivity index (χ4v) is 1.69. The third-order valence-corrected chi connectivity index (χ3v) is 2.53. The molecule has 0 unspecified atom stereocenters. The Morgan fingerprint density at radius 3 is 2.71 bits per heavy atom. The van der Waals surface area contributed by atoms with Crippen LogP contribution >= 0.6 is 0 Å². The molecule has 2 aromatic rings. The van der Waals surface area contributed by atoms with E-state index in [-0.39, 0.29) is 5.78 Å². The van der Waals surface area contributed by atoms with Crippen LogP contribution in [-0.2, 0) is 4.74 Å². The number of nitrogens with zero attached hydrogens (tertiary/aromatic N) is 1. The lowest BCUT2D eigenvalue weighted by Gasteiger charge is -2.04. The molecule has 0 radical (unpaired) electrons. The lowest BCUT2D eigenvalue weighted by atomic mass is 10.0. The van der Waals surface area contributed by atoms with Gasteiger partial charge in [-0.15, -0.1) is 0 Å². The molecule has 2 rings (SSSR count). The quantitative estimate of drug-likeness (QED) is 0.585. The largest absolute Gasteiger partial charge is 0.465 e. The number of pyridine rings is 1. The zero-order valence-electron chi connectivity index (χ0n) is 9.56. The van der Waals surface area contributed by atoms with E-state index in [0.717, 1.165) is 0 Å². The van der Waals surface area contributed by atoms with Gasteiger partial charge in [-0.25, -0.2) is 4.79 Å². The van der Waals surface area contributed by atoms with Gasteiger partial charge in [0, 0.05) is 17.1 Å². The van der Waals surface area contributed by atoms with Crippen molar-refractivity contribution in [1.82, 2.24) is 4.98 Å². The third kappa shape index (κ3) is 2.01. The van der Waals surface area contributed by atoms with Crippen LogP contribution in [0.4, 0.5) is 0 Å². The number of benzene rings is 1. The molecule has 86 valence electrons. The maximum atomic E-state index is 11.5. The first kappa shape index (κ1) is 11.3. The van der Waals surface area contributed by atoms with Crippen molar-refractivity contribution in [2.45, 2.75) is 6.92 Å². The topological polar surface area (TPSA) is 56.3 Å². The van der Waals surface area contributed by atoms with Crippen LogP contribution in [0.2, 0.25) is 0 Å². The number of ether oxygens (including phenoxy) is 1. The number of rotatable bonds is 2. The number of carbonyl (C=O) groups excluding carboxylic acids is 2. The number of fused-ring (bicyclic) bond motifs is 1. The van der Waals surface area contributed by atoms with Gasteiger partial charge >= 0.3 is 5.97 Å². The molecule has 0 amide bonds. The Morgan fingerprint density at radius 1 is 1.29 bits per heavy atom. The van der Waals surface area contributed by atoms with Crippen molar-refractivity contribution >= 4 is 22.7 Å². The van der Waals surface area contributed by atoms with Crippen LogP contribution in [0.15, 0.2) is 30.5 Å². The minimum Gasteiger partial charge on any atom is -0.465 e. The van der Waals surface area contributed by atoms with Gasteiger partial charge in [0.05, 0.1) is 18.2 Å². The zero-order chi connectivity index (χ0) is 12.4. The van der Waals surface area contributed by atoms with Gasteiger partial charge in [-0.05, 0) is 19.1 Å². The molecule has 17 heavy (non-hydrogen) atoms. The van der Waals surface area contributed by atoms with E-state index in [2.05, 4.69) is 9.72 Å². The monoisotopic (exact) mass is 229 g/mol. The molecule has 0 aliphatic rings. The van der Waals surface area contributed by atoms with Crippen LogP contribution in [0.3, 0.4) is 0 Å². The van der Waals surface area contributed by atoms with E-state index in [9.17, 15) is 9.59 Å². The fraction of sp³-hybridized carbons (Fsp3) is 0.154. The van der Waals surface area contributed by atoms with E-state index < -0.39 is 5.97 Å². The number of hydrogen-bond donors (Lipinski definition) is 0. The minimum atomic E-state index is -0.460. The first-order chi connectivity index (χ1) is 8.13. The Kier molecular flexibility index (Phi) is 2.87. The van der Waals surface area contributed by atoms with E-state index in [1.54, 1.807) is 24.3 Å². The molecule has 0 saturated carbocycles. The van der Waals surface area contributed by atoms with Crippen molar-refractivity contribution in [3.63, 3.8) is 0 Å². The molecule has 0 fully saturated rings. The second-order valence-electron chi connectivity index (χ2n) is 3.64. The van der Waals surface area contributed by atoms with Crippen LogP contribution in [-0.4, -0.2) is 23.8 Å². The predicted octanol–water partition coefficient (Wildman–Crippen LogP) is 2.22. The molecule has 4 nitrogen and oxygen atoms in total. The number of carbonyl (C=O) groups is 2. The Morgan fingerprint density at radius 2 is 2.06 bits per heavy atom. The SMILES string of the molecule is COC(=O)c1cnc2cccc(C(C)=O)c2c1. The summed E-state index contributed by atoms with van der Waals surface area (Å²) >= 11 is 0. The molecule has 1 heterocycles. The highest BCUT2D eigenvalue weighted by atomic mass is 16.5. The molecule has 0 aliphatic carbocycles. The summed E-state index contributed by atoms with van der Waals surface area (Å²) in [5, 5.41) is 0.669. The Labute approximate surface area is 98.2 Å². The number of aromatic nitrogens is 1. The molecular weight excluding hydrogens is 218 g/mol. The number of methoxy groups -OCH3 is 1. The molecule has 0 aliphatic heterocycles. The Hall–Kier alpha value is -2.23. The molecule has 0 spiro atoms. The van der Waals surface area contributed by atoms with E-state index in [1.165, 1.54) is 20.2 Å². The Balaban J connectivity index is 2.70. The highest BCUT2D eigenvalue weighted by Gasteiger charge is 2.10. The fourth-order valence-electron chi connectivity index (χ4n) is 1.69. The Bertz CT molecular complexity index is 605. The van der Waals surface area contributed by atoms with Gasteiger partial charge < -0.3 is 4.74 Å². The molecular formula is C13H11NO3. The highest BCUT2D eigenvalue weighted by Crippen LogP contribution is 2.19. The van der Waals surface area contributed by atoms with Gasteiger partial charge in [-0.3, -0.25) is 9.78 Å². The summed E-state index contributed by atoms with van der Waals surface area (Å²) in [6.07, 6.45) is 1.44. The summed E-state index contributed by atoms with van der Waals surface area (Å²) in [4.78, 5) is 27.0.